The van der Waals surface area contributed by atoms with Gasteiger partial charge in [-0.05, 0) is 38.3 Å². The molecule has 0 unspecified atom stereocenters. The first-order valence-electron chi connectivity index (χ1n) is 13.6. The standard InChI is InChI=1S/C27H31F3N8O3/c1-25(40)14-26(41-13-19(25)38-16-34-21-22(31)32-15-33-23(21)38)8-11-36(12-9-26)20(39)7-4-10-37-18-6-3-2-5-17(18)35-24(37)27(28,29)30/h2-3,5-6,15-16,19,40H,4,7-14H2,1H3,(H2,31,32,33)/t19-,25-/m1/s1. The van der Waals surface area contributed by atoms with Crippen LogP contribution in [0.25, 0.3) is 22.2 Å². The number of likely N-dealkylation sites (tertiary alicyclic amines) is 1. The molecule has 0 aliphatic carbocycles. The van der Waals surface area contributed by atoms with E-state index in [-0.39, 0.29) is 43.2 Å². The van der Waals surface area contributed by atoms with Gasteiger partial charge < -0.3 is 29.6 Å². The van der Waals surface area contributed by atoms with Crippen molar-refractivity contribution >= 4 is 33.9 Å². The molecule has 2 fully saturated rings. The zero-order valence-corrected chi connectivity index (χ0v) is 22.5. The van der Waals surface area contributed by atoms with Gasteiger partial charge in [-0.1, -0.05) is 12.1 Å². The Morgan fingerprint density at radius 1 is 1.20 bits per heavy atom. The van der Waals surface area contributed by atoms with Crippen LogP contribution in [0.2, 0.25) is 0 Å². The highest BCUT2D eigenvalue weighted by molar-refractivity contribution is 5.81. The molecule has 218 valence electrons. The number of aliphatic hydroxyl groups is 1. The van der Waals surface area contributed by atoms with Crippen molar-refractivity contribution in [1.82, 2.24) is 34.0 Å². The number of benzene rings is 1. The highest BCUT2D eigenvalue weighted by Gasteiger charge is 2.50. The van der Waals surface area contributed by atoms with Crippen molar-refractivity contribution in [2.45, 2.75) is 69.0 Å². The minimum absolute atomic E-state index is 0.0335. The molecular formula is C27H31F3N8O3. The number of carbonyl (C=O) groups excluding carboxylic acids is 1. The van der Waals surface area contributed by atoms with Crippen LogP contribution in [0, 0.1) is 0 Å². The van der Waals surface area contributed by atoms with Crippen LogP contribution in [0.4, 0.5) is 19.0 Å². The Kier molecular flexibility index (Phi) is 6.64. The number of aryl methyl sites for hydroxylation is 1. The third-order valence-electron chi connectivity index (χ3n) is 8.38. The highest BCUT2D eigenvalue weighted by Crippen LogP contribution is 2.44. The number of para-hydroxylation sites is 2. The van der Waals surface area contributed by atoms with Gasteiger partial charge in [0.05, 0.1) is 41.2 Å². The smallest absolute Gasteiger partial charge is 0.388 e. The van der Waals surface area contributed by atoms with E-state index >= 15 is 0 Å². The molecule has 1 aromatic carbocycles. The maximum Gasteiger partial charge on any atom is 0.449 e. The molecule has 1 spiro atoms. The van der Waals surface area contributed by atoms with Gasteiger partial charge in [0.15, 0.2) is 11.5 Å². The van der Waals surface area contributed by atoms with E-state index in [2.05, 4.69) is 19.9 Å². The van der Waals surface area contributed by atoms with E-state index in [0.29, 0.717) is 49.0 Å². The summed E-state index contributed by atoms with van der Waals surface area (Å²) in [4.78, 5) is 31.0. The molecule has 4 aromatic rings. The van der Waals surface area contributed by atoms with Gasteiger partial charge >= 0.3 is 6.18 Å². The normalized spacial score (nSPS) is 23.0. The van der Waals surface area contributed by atoms with Gasteiger partial charge in [0.25, 0.3) is 0 Å². The summed E-state index contributed by atoms with van der Waals surface area (Å²) < 4.78 is 50.0. The lowest BCUT2D eigenvalue weighted by Gasteiger charge is -2.51. The molecule has 6 rings (SSSR count). The fourth-order valence-corrected chi connectivity index (χ4v) is 6.28. The summed E-state index contributed by atoms with van der Waals surface area (Å²) in [7, 11) is 0. The quantitative estimate of drug-likeness (QED) is 0.372. The van der Waals surface area contributed by atoms with Gasteiger partial charge in [0, 0.05) is 32.5 Å². The Labute approximate surface area is 233 Å². The minimum atomic E-state index is -4.59. The monoisotopic (exact) mass is 572 g/mol. The van der Waals surface area contributed by atoms with E-state index in [1.54, 1.807) is 47.0 Å². The van der Waals surface area contributed by atoms with Crippen LogP contribution < -0.4 is 5.73 Å². The molecule has 0 bridgehead atoms. The molecule has 14 heteroatoms. The maximum absolute atomic E-state index is 13.6. The third kappa shape index (κ3) is 4.99. The molecule has 0 radical (unpaired) electrons. The van der Waals surface area contributed by atoms with E-state index in [1.165, 1.54) is 6.33 Å². The molecule has 5 heterocycles. The average Bonchev–Trinajstić information content (AvgIpc) is 3.52. The second-order valence-electron chi connectivity index (χ2n) is 11.2. The van der Waals surface area contributed by atoms with E-state index in [9.17, 15) is 23.1 Å². The minimum Gasteiger partial charge on any atom is -0.388 e. The van der Waals surface area contributed by atoms with Crippen molar-refractivity contribution in [2.75, 3.05) is 25.4 Å². The van der Waals surface area contributed by atoms with Crippen LogP contribution in [-0.4, -0.2) is 75.9 Å². The number of halogens is 3. The molecule has 2 aliphatic heterocycles. The summed E-state index contributed by atoms with van der Waals surface area (Å²) in [5.74, 6) is -0.802. The summed E-state index contributed by atoms with van der Waals surface area (Å²) in [5.41, 5.74) is 5.85. The van der Waals surface area contributed by atoms with Gasteiger partial charge in [0.1, 0.15) is 11.8 Å². The molecule has 2 aliphatic rings. The highest BCUT2D eigenvalue weighted by atomic mass is 19.4. The molecule has 3 aromatic heterocycles. The number of ether oxygens (including phenoxy) is 1. The number of nitrogen functional groups attached to an aromatic ring is 1. The Bertz CT molecular complexity index is 1590. The zero-order chi connectivity index (χ0) is 29.0. The van der Waals surface area contributed by atoms with Gasteiger partial charge in [-0.25, -0.2) is 19.9 Å². The number of fused-ring (bicyclic) bond motifs is 2. The van der Waals surface area contributed by atoms with Crippen LogP contribution in [0.15, 0.2) is 36.9 Å². The Morgan fingerprint density at radius 2 is 1.95 bits per heavy atom. The number of nitrogens with two attached hydrogens (primary N) is 1. The van der Waals surface area contributed by atoms with Crippen LogP contribution >= 0.6 is 0 Å². The van der Waals surface area contributed by atoms with Crippen molar-refractivity contribution in [3.05, 3.63) is 42.7 Å². The Morgan fingerprint density at radius 3 is 2.68 bits per heavy atom. The first-order chi connectivity index (χ1) is 19.5. The third-order valence-corrected chi connectivity index (χ3v) is 8.38. The van der Waals surface area contributed by atoms with E-state index in [1.807, 2.05) is 0 Å². The number of hydrogen-bond donors (Lipinski definition) is 2. The molecule has 2 saturated heterocycles. The summed E-state index contributed by atoms with van der Waals surface area (Å²) >= 11 is 0. The molecule has 11 nitrogen and oxygen atoms in total. The van der Waals surface area contributed by atoms with Gasteiger partial charge in [-0.2, -0.15) is 13.2 Å². The maximum atomic E-state index is 13.6. The fraction of sp³-hybridized carbons (Fsp3) is 0.519. The number of carbonyl (C=O) groups is 1. The average molecular weight is 573 g/mol. The molecule has 1 amide bonds. The number of nitrogens with zero attached hydrogens (tertiary/aromatic N) is 7. The largest absolute Gasteiger partial charge is 0.449 e. The number of hydrogen-bond acceptors (Lipinski definition) is 8. The van der Waals surface area contributed by atoms with Gasteiger partial charge in [-0.3, -0.25) is 4.79 Å². The SMILES string of the molecule is C[C@@]1(O)CC2(CCN(C(=O)CCCn3c(C(F)(F)F)nc4ccccc43)CC2)OC[C@H]1n1cnc2c(N)ncnc21. The summed E-state index contributed by atoms with van der Waals surface area (Å²) in [6, 6.07) is 6.03. The molecule has 3 N–H and O–H groups in total. The zero-order valence-electron chi connectivity index (χ0n) is 22.5. The summed E-state index contributed by atoms with van der Waals surface area (Å²) in [5, 5.41) is 11.5. The molecular weight excluding hydrogens is 541 g/mol. The number of amides is 1. The Hall–Kier alpha value is -3.78. The van der Waals surface area contributed by atoms with Crippen molar-refractivity contribution < 1.29 is 27.8 Å². The van der Waals surface area contributed by atoms with Crippen molar-refractivity contribution in [2.24, 2.45) is 0 Å². The number of piperidine rings is 1. The first kappa shape index (κ1) is 27.4. The summed E-state index contributed by atoms with van der Waals surface area (Å²) in [6.45, 7) is 2.92. The second-order valence-corrected chi connectivity index (χ2v) is 11.2. The lowest BCUT2D eigenvalue weighted by Crippen LogP contribution is -2.57. The van der Waals surface area contributed by atoms with E-state index < -0.39 is 29.2 Å². The predicted molar refractivity (Wildman–Crippen MR) is 142 cm³/mol. The van der Waals surface area contributed by atoms with Gasteiger partial charge in [-0.15, -0.1) is 0 Å². The van der Waals surface area contributed by atoms with E-state index in [4.69, 9.17) is 10.5 Å². The van der Waals surface area contributed by atoms with Crippen molar-refractivity contribution in [1.29, 1.82) is 0 Å². The van der Waals surface area contributed by atoms with E-state index in [0.717, 1.165) is 4.57 Å². The molecule has 2 atom stereocenters. The second kappa shape index (κ2) is 9.94. The van der Waals surface area contributed by atoms with Crippen molar-refractivity contribution in [3.8, 4) is 0 Å². The first-order valence-corrected chi connectivity index (χ1v) is 13.6. The number of imidazole rings is 2. The van der Waals surface area contributed by atoms with Crippen LogP contribution in [0.1, 0.15) is 50.9 Å². The topological polar surface area (TPSA) is 137 Å². The number of rotatable bonds is 5. The number of alkyl halides is 3. The van der Waals surface area contributed by atoms with Crippen molar-refractivity contribution in [3.63, 3.8) is 0 Å². The lowest BCUT2D eigenvalue weighted by atomic mass is 9.75. The Balaban J connectivity index is 1.06. The van der Waals surface area contributed by atoms with Gasteiger partial charge in [0.2, 0.25) is 11.7 Å². The lowest BCUT2D eigenvalue weighted by molar-refractivity contribution is -0.197. The molecule has 0 saturated carbocycles. The number of aromatic nitrogens is 6. The summed E-state index contributed by atoms with van der Waals surface area (Å²) in [6.07, 6.45) is 0.186. The van der Waals surface area contributed by atoms with Crippen LogP contribution in [0.3, 0.4) is 0 Å². The predicted octanol–water partition coefficient (Wildman–Crippen LogP) is 3.33. The fourth-order valence-electron chi connectivity index (χ4n) is 6.28. The number of anilines is 1. The molecule has 41 heavy (non-hydrogen) atoms. The van der Waals surface area contributed by atoms with Crippen LogP contribution in [0.5, 0.6) is 0 Å². The van der Waals surface area contributed by atoms with Crippen LogP contribution in [-0.2, 0) is 22.3 Å².